The van der Waals surface area contributed by atoms with Gasteiger partial charge >= 0.3 is 0 Å². The van der Waals surface area contributed by atoms with Crippen molar-refractivity contribution in [2.75, 3.05) is 6.67 Å². The van der Waals surface area contributed by atoms with Gasteiger partial charge in [-0.3, -0.25) is 4.39 Å². The Hall–Kier alpha value is -0.920. The van der Waals surface area contributed by atoms with Gasteiger partial charge in [0.15, 0.2) is 0 Å². The van der Waals surface area contributed by atoms with Gasteiger partial charge in [-0.05, 0) is 25.0 Å². The highest BCUT2D eigenvalue weighted by molar-refractivity contribution is 5.28. The number of rotatable bonds is 2. The highest BCUT2D eigenvalue weighted by atomic mass is 19.1. The van der Waals surface area contributed by atoms with E-state index in [-0.39, 0.29) is 5.82 Å². The Bertz CT molecular complexity index is 269. The third kappa shape index (κ3) is 1.63. The number of benzene rings is 1. The molecule has 1 aromatic carbocycles. The fourth-order valence-corrected chi connectivity index (χ4v) is 1.07. The number of halogens is 2. The molecule has 0 aliphatic heterocycles. The molecule has 1 unspecified atom stereocenters. The lowest BCUT2D eigenvalue weighted by Crippen LogP contribution is -2.00. The summed E-state index contributed by atoms with van der Waals surface area (Å²) in [5, 5.41) is 0. The van der Waals surface area contributed by atoms with E-state index in [4.69, 9.17) is 0 Å². The number of alkyl halides is 1. The van der Waals surface area contributed by atoms with Crippen molar-refractivity contribution in [3.05, 3.63) is 42.1 Å². The number of hydrogen-bond acceptors (Lipinski definition) is 0. The smallest absolute Gasteiger partial charge is 0.129 e. The topological polar surface area (TPSA) is 0 Å². The maximum atomic E-state index is 13.2. The molecule has 1 rings (SSSR count). The molecule has 0 spiro atoms. The first kappa shape index (κ1) is 9.17. The average molecular weight is 169 g/mol. The molecule has 1 aromatic rings. The van der Waals surface area contributed by atoms with Crippen LogP contribution >= 0.6 is 0 Å². The predicted molar refractivity (Wildman–Crippen MR) is 45.2 cm³/mol. The molecule has 0 nitrogen and oxygen atoms in total. The van der Waals surface area contributed by atoms with Gasteiger partial charge in [0.1, 0.15) is 5.82 Å². The van der Waals surface area contributed by atoms with Crippen LogP contribution in [0.5, 0.6) is 0 Å². The lowest BCUT2D eigenvalue weighted by atomic mass is 10.00. The summed E-state index contributed by atoms with van der Waals surface area (Å²) in [4.78, 5) is 0. The Kier molecular flexibility index (Phi) is 2.79. The van der Waals surface area contributed by atoms with E-state index in [2.05, 4.69) is 6.92 Å². The van der Waals surface area contributed by atoms with Crippen molar-refractivity contribution >= 4 is 0 Å². The van der Waals surface area contributed by atoms with Crippen LogP contribution in [0.15, 0.2) is 18.2 Å². The second-order valence-electron chi connectivity index (χ2n) is 2.83. The molecule has 0 aliphatic rings. The van der Waals surface area contributed by atoms with Crippen LogP contribution < -0.4 is 0 Å². The fourth-order valence-electron chi connectivity index (χ4n) is 1.07. The maximum absolute atomic E-state index is 13.2. The molecule has 2 heteroatoms. The molecule has 0 fully saturated rings. The number of hydrogen-bond donors (Lipinski definition) is 0. The summed E-state index contributed by atoms with van der Waals surface area (Å²) in [5.41, 5.74) is 0.895. The van der Waals surface area contributed by atoms with E-state index in [1.165, 1.54) is 0 Å². The molecule has 0 amide bonds. The number of aryl methyl sites for hydroxylation is 1. The molecule has 0 aliphatic carbocycles. The standard InChI is InChI=1S/C10H11F2/c1-7-4-3-5-9(10(7)12)8(2)6-11/h3-5,8H,2,6H2,1H3. The summed E-state index contributed by atoms with van der Waals surface area (Å²) in [5.74, 6) is -0.931. The predicted octanol–water partition coefficient (Wildman–Crippen LogP) is 3.02. The summed E-state index contributed by atoms with van der Waals surface area (Å²) < 4.78 is 25.4. The first-order chi connectivity index (χ1) is 5.66. The molecule has 0 saturated carbocycles. The van der Waals surface area contributed by atoms with E-state index in [0.29, 0.717) is 11.1 Å². The van der Waals surface area contributed by atoms with Crippen LogP contribution in [0.3, 0.4) is 0 Å². The van der Waals surface area contributed by atoms with Gasteiger partial charge in [0.05, 0.1) is 6.67 Å². The maximum Gasteiger partial charge on any atom is 0.129 e. The van der Waals surface area contributed by atoms with Crippen molar-refractivity contribution in [1.82, 2.24) is 0 Å². The van der Waals surface area contributed by atoms with Crippen LogP contribution in [0.4, 0.5) is 8.78 Å². The summed E-state index contributed by atoms with van der Waals surface area (Å²) in [7, 11) is 0. The molecular formula is C10H11F2. The average Bonchev–Trinajstić information content (AvgIpc) is 2.08. The van der Waals surface area contributed by atoms with Gasteiger partial charge in [-0.1, -0.05) is 18.2 Å². The third-order valence-electron chi connectivity index (χ3n) is 1.85. The van der Waals surface area contributed by atoms with Gasteiger partial charge in [0.25, 0.3) is 0 Å². The Morgan fingerprint density at radius 2 is 2.17 bits per heavy atom. The minimum atomic E-state index is -0.625. The summed E-state index contributed by atoms with van der Waals surface area (Å²) in [6, 6.07) is 4.94. The SMILES string of the molecule is [CH2]C(CF)c1cccc(C)c1F. The Labute approximate surface area is 71.2 Å². The van der Waals surface area contributed by atoms with Crippen molar-refractivity contribution in [3.8, 4) is 0 Å². The molecule has 1 atom stereocenters. The van der Waals surface area contributed by atoms with Crippen LogP contribution in [0.2, 0.25) is 0 Å². The largest absolute Gasteiger partial charge is 0.250 e. The minimum Gasteiger partial charge on any atom is -0.250 e. The Morgan fingerprint density at radius 3 is 2.75 bits per heavy atom. The first-order valence-electron chi connectivity index (χ1n) is 3.81. The normalized spacial score (nSPS) is 13.0. The quantitative estimate of drug-likeness (QED) is 0.638. The van der Waals surface area contributed by atoms with Crippen LogP contribution in [-0.2, 0) is 0 Å². The van der Waals surface area contributed by atoms with Crippen LogP contribution in [0, 0.1) is 19.7 Å². The van der Waals surface area contributed by atoms with Gasteiger partial charge in [-0.15, -0.1) is 0 Å². The summed E-state index contributed by atoms with van der Waals surface area (Å²) >= 11 is 0. The van der Waals surface area contributed by atoms with E-state index in [1.54, 1.807) is 25.1 Å². The zero-order chi connectivity index (χ0) is 9.14. The highest BCUT2D eigenvalue weighted by Crippen LogP contribution is 2.20. The van der Waals surface area contributed by atoms with Gasteiger partial charge in [0, 0.05) is 5.92 Å². The fraction of sp³-hybridized carbons (Fsp3) is 0.300. The van der Waals surface area contributed by atoms with Crippen molar-refractivity contribution in [1.29, 1.82) is 0 Å². The van der Waals surface area contributed by atoms with Crippen LogP contribution in [0.1, 0.15) is 17.0 Å². The Balaban J connectivity index is 3.07. The van der Waals surface area contributed by atoms with E-state index in [9.17, 15) is 8.78 Å². The van der Waals surface area contributed by atoms with Gasteiger partial charge in [-0.2, -0.15) is 0 Å². The molecule has 0 aromatic heterocycles. The van der Waals surface area contributed by atoms with Gasteiger partial charge < -0.3 is 0 Å². The van der Waals surface area contributed by atoms with E-state index in [0.717, 1.165) is 0 Å². The lowest BCUT2D eigenvalue weighted by molar-refractivity contribution is 0.454. The van der Waals surface area contributed by atoms with E-state index >= 15 is 0 Å². The van der Waals surface area contributed by atoms with E-state index in [1.807, 2.05) is 0 Å². The molecule has 0 saturated heterocycles. The van der Waals surface area contributed by atoms with Crippen molar-refractivity contribution < 1.29 is 8.78 Å². The summed E-state index contributed by atoms with van der Waals surface area (Å²) in [6.07, 6.45) is 0. The van der Waals surface area contributed by atoms with E-state index < -0.39 is 12.6 Å². The lowest BCUT2D eigenvalue weighted by Gasteiger charge is -2.09. The molecule has 1 radical (unpaired) electrons. The summed E-state index contributed by atoms with van der Waals surface area (Å²) in [6.45, 7) is 4.55. The van der Waals surface area contributed by atoms with Gasteiger partial charge in [0.2, 0.25) is 0 Å². The zero-order valence-corrected chi connectivity index (χ0v) is 6.98. The van der Waals surface area contributed by atoms with Crippen molar-refractivity contribution in [3.63, 3.8) is 0 Å². The van der Waals surface area contributed by atoms with Crippen LogP contribution in [0.25, 0.3) is 0 Å². The Morgan fingerprint density at radius 1 is 1.50 bits per heavy atom. The second-order valence-corrected chi connectivity index (χ2v) is 2.83. The van der Waals surface area contributed by atoms with Gasteiger partial charge in [-0.25, -0.2) is 4.39 Å². The molecule has 0 heterocycles. The van der Waals surface area contributed by atoms with Crippen molar-refractivity contribution in [2.24, 2.45) is 0 Å². The highest BCUT2D eigenvalue weighted by Gasteiger charge is 2.11. The minimum absolute atomic E-state index is 0.338. The zero-order valence-electron chi connectivity index (χ0n) is 6.98. The molecule has 0 N–H and O–H groups in total. The van der Waals surface area contributed by atoms with Crippen LogP contribution in [-0.4, -0.2) is 6.67 Å². The molecular weight excluding hydrogens is 158 g/mol. The third-order valence-corrected chi connectivity index (χ3v) is 1.85. The second kappa shape index (κ2) is 3.65. The molecule has 12 heavy (non-hydrogen) atoms. The first-order valence-corrected chi connectivity index (χ1v) is 3.81. The molecule has 65 valence electrons. The molecule has 0 bridgehead atoms. The van der Waals surface area contributed by atoms with Crippen molar-refractivity contribution in [2.45, 2.75) is 12.8 Å². The monoisotopic (exact) mass is 169 g/mol.